The zero-order valence-electron chi connectivity index (χ0n) is 28.9. The number of hydrogen-bond acceptors (Lipinski definition) is 4. The van der Waals surface area contributed by atoms with Gasteiger partial charge in [-0.25, -0.2) is 9.36 Å². The van der Waals surface area contributed by atoms with Gasteiger partial charge in [0.05, 0.1) is 45.8 Å². The van der Waals surface area contributed by atoms with Gasteiger partial charge in [0.15, 0.2) is 0 Å². The summed E-state index contributed by atoms with van der Waals surface area (Å²) < 4.78 is 8.25. The van der Waals surface area contributed by atoms with Crippen molar-refractivity contribution in [2.75, 3.05) is 0 Å². The molecule has 0 aliphatic heterocycles. The number of aromatic nitrogens is 8. The third kappa shape index (κ3) is 4.78. The molecule has 4 aromatic heterocycles. The zero-order chi connectivity index (χ0) is 35.6. The Morgan fingerprint density at radius 1 is 0.296 bits per heavy atom. The summed E-state index contributed by atoms with van der Waals surface area (Å²) in [5.74, 6) is 0. The highest BCUT2D eigenvalue weighted by molar-refractivity contribution is 6.10. The van der Waals surface area contributed by atoms with Gasteiger partial charge in [0.2, 0.25) is 0 Å². The highest BCUT2D eigenvalue weighted by Gasteiger charge is 2.14. The van der Waals surface area contributed by atoms with E-state index in [-0.39, 0.29) is 0 Å². The third-order valence-corrected chi connectivity index (χ3v) is 10.4. The lowest BCUT2D eigenvalue weighted by Gasteiger charge is -2.09. The molecule has 0 unspecified atom stereocenters. The highest BCUT2D eigenvalue weighted by Crippen LogP contribution is 2.34. The molecule has 0 radical (unpaired) electrons. The van der Waals surface area contributed by atoms with Gasteiger partial charge < -0.3 is 9.13 Å². The Labute approximate surface area is 309 Å². The number of hydrogen-bond donors (Lipinski definition) is 0. The van der Waals surface area contributed by atoms with Gasteiger partial charge in [-0.3, -0.25) is 0 Å². The van der Waals surface area contributed by atoms with Crippen LogP contribution in [0.25, 0.3) is 88.9 Å². The molecular weight excluding hydrogens is 665 g/mol. The fourth-order valence-corrected chi connectivity index (χ4v) is 7.77. The molecule has 0 aliphatic rings. The van der Waals surface area contributed by atoms with Crippen LogP contribution in [0.5, 0.6) is 0 Å². The minimum Gasteiger partial charge on any atom is -0.309 e. The largest absolute Gasteiger partial charge is 0.309 e. The van der Waals surface area contributed by atoms with Crippen molar-refractivity contribution in [3.8, 4) is 45.3 Å². The van der Waals surface area contributed by atoms with Crippen molar-refractivity contribution < 1.29 is 0 Å². The van der Waals surface area contributed by atoms with Gasteiger partial charge in [-0.2, -0.15) is 0 Å². The molecule has 4 heterocycles. The van der Waals surface area contributed by atoms with Crippen molar-refractivity contribution in [2.24, 2.45) is 0 Å². The van der Waals surface area contributed by atoms with Crippen LogP contribution in [-0.2, 0) is 0 Å². The molecule has 0 bridgehead atoms. The quantitative estimate of drug-likeness (QED) is 0.174. The standard InChI is InChI=1S/C46H30N8/c1-5-13-43-37(9-1)38-10-2-6-14-44(38)53(43)35-25-21-33(22-26-35)51-29-41(47-49-51)31-17-19-32(20-18-31)42-30-52(50-48-42)34-23-27-36(28-24-34)54-45-15-7-3-11-39(45)40-12-4-8-16-46(40)54/h1-30H. The Morgan fingerprint density at radius 3 is 0.926 bits per heavy atom. The lowest BCUT2D eigenvalue weighted by molar-refractivity contribution is 0.803. The van der Waals surface area contributed by atoms with Crippen LogP contribution in [0.2, 0.25) is 0 Å². The maximum absolute atomic E-state index is 4.50. The highest BCUT2D eigenvalue weighted by atomic mass is 15.4. The number of fused-ring (bicyclic) bond motifs is 6. The Bertz CT molecular complexity index is 2820. The van der Waals surface area contributed by atoms with Crippen LogP contribution < -0.4 is 0 Å². The number of para-hydroxylation sites is 4. The van der Waals surface area contributed by atoms with E-state index in [1.54, 1.807) is 0 Å². The SMILES string of the molecule is c1ccc2c(c1)c1ccccc1n2-c1ccc(-n2cc(-c3ccc(-c4cn(-c5ccc(-n6c7ccccc7c7ccccc76)cc5)nn4)cc3)nn2)cc1. The molecule has 0 N–H and O–H groups in total. The van der Waals surface area contributed by atoms with E-state index in [4.69, 9.17) is 0 Å². The number of rotatable bonds is 6. The van der Waals surface area contributed by atoms with E-state index < -0.39 is 0 Å². The molecule has 0 saturated carbocycles. The normalized spacial score (nSPS) is 11.7. The summed E-state index contributed by atoms with van der Waals surface area (Å²) in [7, 11) is 0. The Hall–Kier alpha value is -7.58. The second-order valence-corrected chi connectivity index (χ2v) is 13.4. The van der Waals surface area contributed by atoms with Crippen LogP contribution in [0, 0.1) is 0 Å². The Kier molecular flexibility index (Phi) is 6.69. The monoisotopic (exact) mass is 694 g/mol. The summed E-state index contributed by atoms with van der Waals surface area (Å²) in [6.45, 7) is 0. The van der Waals surface area contributed by atoms with Crippen LogP contribution in [0.15, 0.2) is 182 Å². The number of benzene rings is 7. The molecular formula is C46H30N8. The molecule has 7 aromatic carbocycles. The molecule has 0 amide bonds. The van der Waals surface area contributed by atoms with Crippen LogP contribution in [0.4, 0.5) is 0 Å². The van der Waals surface area contributed by atoms with Gasteiger partial charge in [0, 0.05) is 44.0 Å². The minimum absolute atomic E-state index is 0.792. The Morgan fingerprint density at radius 2 is 0.593 bits per heavy atom. The first-order valence-corrected chi connectivity index (χ1v) is 17.9. The van der Waals surface area contributed by atoms with Crippen molar-refractivity contribution in [1.29, 1.82) is 0 Å². The van der Waals surface area contributed by atoms with Crippen molar-refractivity contribution in [1.82, 2.24) is 39.1 Å². The van der Waals surface area contributed by atoms with Crippen molar-refractivity contribution >= 4 is 43.6 Å². The van der Waals surface area contributed by atoms with Gasteiger partial charge >= 0.3 is 0 Å². The molecule has 8 heteroatoms. The molecule has 0 fully saturated rings. The van der Waals surface area contributed by atoms with E-state index in [1.807, 2.05) is 21.8 Å². The molecule has 0 atom stereocenters. The van der Waals surface area contributed by atoms with Crippen molar-refractivity contribution in [2.45, 2.75) is 0 Å². The average molecular weight is 695 g/mol. The van der Waals surface area contributed by atoms with Crippen molar-refractivity contribution in [3.63, 3.8) is 0 Å². The van der Waals surface area contributed by atoms with Gasteiger partial charge in [-0.1, -0.05) is 107 Å². The summed E-state index contributed by atoms with van der Waals surface area (Å²) in [4.78, 5) is 0. The van der Waals surface area contributed by atoms with E-state index >= 15 is 0 Å². The lowest BCUT2D eigenvalue weighted by Crippen LogP contribution is -1.97. The first-order chi connectivity index (χ1) is 26.8. The first kappa shape index (κ1) is 30.1. The van der Waals surface area contributed by atoms with Crippen LogP contribution in [0.1, 0.15) is 0 Å². The van der Waals surface area contributed by atoms with E-state index in [2.05, 4.69) is 200 Å². The summed E-state index contributed by atoms with van der Waals surface area (Å²) in [6.07, 6.45) is 3.92. The van der Waals surface area contributed by atoms with E-state index in [1.165, 1.54) is 43.6 Å². The van der Waals surface area contributed by atoms with E-state index in [0.717, 1.165) is 45.3 Å². The average Bonchev–Trinajstić information content (AvgIpc) is 4.05. The summed E-state index contributed by atoms with van der Waals surface area (Å²) >= 11 is 0. The fourth-order valence-electron chi connectivity index (χ4n) is 7.77. The molecule has 0 saturated heterocycles. The topological polar surface area (TPSA) is 71.3 Å². The van der Waals surface area contributed by atoms with Crippen molar-refractivity contribution in [3.05, 3.63) is 182 Å². The van der Waals surface area contributed by atoms with Gasteiger partial charge in [-0.05, 0) is 72.8 Å². The summed E-state index contributed by atoms with van der Waals surface area (Å²) in [5.41, 5.74) is 12.3. The van der Waals surface area contributed by atoms with Gasteiger partial charge in [0.1, 0.15) is 11.4 Å². The summed E-state index contributed by atoms with van der Waals surface area (Å²) in [5, 5.41) is 22.9. The molecule has 54 heavy (non-hydrogen) atoms. The van der Waals surface area contributed by atoms with Gasteiger partial charge in [0.25, 0.3) is 0 Å². The van der Waals surface area contributed by atoms with Gasteiger partial charge in [-0.15, -0.1) is 10.2 Å². The first-order valence-electron chi connectivity index (χ1n) is 17.9. The predicted molar refractivity (Wildman–Crippen MR) is 216 cm³/mol. The smallest absolute Gasteiger partial charge is 0.113 e. The second kappa shape index (κ2) is 12.0. The minimum atomic E-state index is 0.792. The van der Waals surface area contributed by atoms with Crippen LogP contribution in [0.3, 0.4) is 0 Å². The molecule has 0 aliphatic carbocycles. The maximum Gasteiger partial charge on any atom is 0.113 e. The predicted octanol–water partition coefficient (Wildman–Crippen LogP) is 10.4. The molecule has 11 aromatic rings. The molecule has 8 nitrogen and oxygen atoms in total. The zero-order valence-corrected chi connectivity index (χ0v) is 28.9. The Balaban J connectivity index is 0.825. The summed E-state index contributed by atoms with van der Waals surface area (Å²) in [6, 6.07) is 59.3. The van der Waals surface area contributed by atoms with Crippen LogP contribution in [-0.4, -0.2) is 39.1 Å². The molecule has 11 rings (SSSR count). The van der Waals surface area contributed by atoms with E-state index in [0.29, 0.717) is 0 Å². The lowest BCUT2D eigenvalue weighted by atomic mass is 10.1. The third-order valence-electron chi connectivity index (χ3n) is 10.4. The maximum atomic E-state index is 4.50. The fraction of sp³-hybridized carbons (Fsp3) is 0. The number of nitrogens with zero attached hydrogens (tertiary/aromatic N) is 8. The molecule has 254 valence electrons. The van der Waals surface area contributed by atoms with Crippen LogP contribution >= 0.6 is 0 Å². The second-order valence-electron chi connectivity index (χ2n) is 13.4. The molecule has 0 spiro atoms. The van der Waals surface area contributed by atoms with E-state index in [9.17, 15) is 0 Å².